The molecule has 20 heavy (non-hydrogen) atoms. The molecule has 6 nitrogen and oxygen atoms in total. The van der Waals surface area contributed by atoms with Crippen LogP contribution in [0.15, 0.2) is 12.3 Å². The van der Waals surface area contributed by atoms with Crippen LogP contribution in [0.2, 0.25) is 5.15 Å². The highest BCUT2D eigenvalue weighted by Crippen LogP contribution is 2.31. The molecule has 0 aromatic carbocycles. The summed E-state index contributed by atoms with van der Waals surface area (Å²) in [5.41, 5.74) is -0.331. The Balaban J connectivity index is 3.25. The third-order valence-corrected chi connectivity index (χ3v) is 3.00. The highest BCUT2D eigenvalue weighted by atomic mass is 35.5. The van der Waals surface area contributed by atoms with E-state index < -0.39 is 23.9 Å². The molecule has 0 bridgehead atoms. The number of amides is 1. The zero-order valence-electron chi connectivity index (χ0n) is 11.5. The van der Waals surface area contributed by atoms with Crippen molar-refractivity contribution in [2.75, 3.05) is 11.9 Å². The van der Waals surface area contributed by atoms with Gasteiger partial charge in [-0.2, -0.15) is 0 Å². The fraction of sp³-hybridized carbons (Fsp3) is 0.462. The van der Waals surface area contributed by atoms with Crippen molar-refractivity contribution in [3.05, 3.63) is 23.0 Å². The first-order valence-corrected chi connectivity index (χ1v) is 6.35. The first-order chi connectivity index (χ1) is 9.18. The fourth-order valence-electron chi connectivity index (χ4n) is 1.47. The van der Waals surface area contributed by atoms with Crippen molar-refractivity contribution in [1.82, 2.24) is 4.98 Å². The van der Waals surface area contributed by atoms with Crippen LogP contribution in [0.25, 0.3) is 0 Å². The van der Waals surface area contributed by atoms with Gasteiger partial charge in [0.1, 0.15) is 5.92 Å². The maximum atomic E-state index is 12.0. The Kier molecular flexibility index (Phi) is 5.08. The summed E-state index contributed by atoms with van der Waals surface area (Å²) in [5, 5.41) is 20.9. The summed E-state index contributed by atoms with van der Waals surface area (Å²) in [6.07, 6.45) is 1.33. The molecule has 1 aromatic heterocycles. The third kappa shape index (κ3) is 3.68. The van der Waals surface area contributed by atoms with Crippen LogP contribution >= 0.6 is 11.6 Å². The van der Waals surface area contributed by atoms with Gasteiger partial charge in [-0.25, -0.2) is 4.98 Å². The van der Waals surface area contributed by atoms with Crippen LogP contribution in [0.4, 0.5) is 5.69 Å². The predicted octanol–water partition coefficient (Wildman–Crippen LogP) is 1.88. The van der Waals surface area contributed by atoms with Gasteiger partial charge >= 0.3 is 5.97 Å². The van der Waals surface area contributed by atoms with E-state index >= 15 is 0 Å². The van der Waals surface area contributed by atoms with Crippen molar-refractivity contribution < 1.29 is 19.8 Å². The predicted molar refractivity (Wildman–Crippen MR) is 74.8 cm³/mol. The maximum Gasteiger partial charge on any atom is 0.313 e. The third-order valence-electron chi connectivity index (χ3n) is 2.71. The molecule has 1 heterocycles. The molecular formula is C13H17ClN2O4. The van der Waals surface area contributed by atoms with Crippen molar-refractivity contribution in [3.8, 4) is 0 Å². The molecule has 0 fully saturated rings. The SMILES string of the molecule is CC(C)(C)C(=O)Nc1c(C(CO)C(=O)O)ccnc1Cl. The molecule has 0 aliphatic carbocycles. The minimum Gasteiger partial charge on any atom is -0.481 e. The van der Waals surface area contributed by atoms with Crippen molar-refractivity contribution in [3.63, 3.8) is 0 Å². The second-order valence-electron chi connectivity index (χ2n) is 5.34. The van der Waals surface area contributed by atoms with Gasteiger partial charge in [-0.15, -0.1) is 0 Å². The topological polar surface area (TPSA) is 99.5 Å². The van der Waals surface area contributed by atoms with Crippen molar-refractivity contribution >= 4 is 29.2 Å². The van der Waals surface area contributed by atoms with Crippen LogP contribution in [0.5, 0.6) is 0 Å². The lowest BCUT2D eigenvalue weighted by Crippen LogP contribution is -2.29. The molecule has 110 valence electrons. The van der Waals surface area contributed by atoms with Gasteiger partial charge in [-0.1, -0.05) is 32.4 Å². The number of aliphatic hydroxyl groups excluding tert-OH is 1. The molecule has 1 atom stereocenters. The molecule has 0 saturated heterocycles. The first kappa shape index (κ1) is 16.4. The van der Waals surface area contributed by atoms with E-state index in [2.05, 4.69) is 10.3 Å². The number of hydrogen-bond acceptors (Lipinski definition) is 4. The van der Waals surface area contributed by atoms with E-state index in [9.17, 15) is 14.7 Å². The Hall–Kier alpha value is -1.66. The number of anilines is 1. The lowest BCUT2D eigenvalue weighted by Gasteiger charge is -2.21. The second kappa shape index (κ2) is 6.19. The summed E-state index contributed by atoms with van der Waals surface area (Å²) in [5.74, 6) is -2.71. The van der Waals surface area contributed by atoms with Crippen molar-refractivity contribution in [2.24, 2.45) is 5.41 Å². The summed E-state index contributed by atoms with van der Waals surface area (Å²) < 4.78 is 0. The molecule has 1 aromatic rings. The Labute approximate surface area is 121 Å². The van der Waals surface area contributed by atoms with Gasteiger partial charge in [0.15, 0.2) is 5.15 Å². The number of halogens is 1. The lowest BCUT2D eigenvalue weighted by molar-refractivity contribution is -0.139. The van der Waals surface area contributed by atoms with E-state index in [0.29, 0.717) is 0 Å². The van der Waals surface area contributed by atoms with Gasteiger partial charge in [0.05, 0.1) is 12.3 Å². The number of pyridine rings is 1. The van der Waals surface area contributed by atoms with Crippen LogP contribution < -0.4 is 5.32 Å². The molecule has 0 aliphatic rings. The Morgan fingerprint density at radius 1 is 1.45 bits per heavy atom. The number of carboxylic acids is 1. The molecule has 0 saturated carbocycles. The van der Waals surface area contributed by atoms with Gasteiger partial charge in [0.25, 0.3) is 0 Å². The van der Waals surface area contributed by atoms with E-state index in [4.69, 9.17) is 16.7 Å². The molecule has 7 heteroatoms. The van der Waals surface area contributed by atoms with E-state index in [-0.39, 0.29) is 22.3 Å². The number of aliphatic hydroxyl groups is 1. The normalized spacial score (nSPS) is 12.8. The summed E-state index contributed by atoms with van der Waals surface area (Å²) in [7, 11) is 0. The zero-order valence-corrected chi connectivity index (χ0v) is 12.2. The highest BCUT2D eigenvalue weighted by molar-refractivity contribution is 6.32. The number of aliphatic carboxylic acids is 1. The molecule has 0 aliphatic heterocycles. The van der Waals surface area contributed by atoms with Gasteiger partial charge in [-0.05, 0) is 11.6 Å². The van der Waals surface area contributed by atoms with Crippen LogP contribution in [0.3, 0.4) is 0 Å². The minimum absolute atomic E-state index is 0.0141. The smallest absolute Gasteiger partial charge is 0.313 e. The number of carboxylic acid groups (broad SMARTS) is 1. The molecule has 1 rings (SSSR count). The molecule has 1 unspecified atom stereocenters. The highest BCUT2D eigenvalue weighted by Gasteiger charge is 2.27. The van der Waals surface area contributed by atoms with E-state index in [0.717, 1.165) is 0 Å². The first-order valence-electron chi connectivity index (χ1n) is 5.98. The number of nitrogens with zero attached hydrogens (tertiary/aromatic N) is 1. The Morgan fingerprint density at radius 3 is 2.50 bits per heavy atom. The van der Waals surface area contributed by atoms with Crippen LogP contribution in [-0.4, -0.2) is 33.7 Å². The van der Waals surface area contributed by atoms with Crippen LogP contribution in [-0.2, 0) is 9.59 Å². The summed E-state index contributed by atoms with van der Waals surface area (Å²) in [6.45, 7) is 4.54. The monoisotopic (exact) mass is 300 g/mol. The fourth-order valence-corrected chi connectivity index (χ4v) is 1.69. The van der Waals surface area contributed by atoms with E-state index in [1.807, 2.05) is 0 Å². The number of nitrogens with one attached hydrogen (secondary N) is 1. The molecule has 0 radical (unpaired) electrons. The van der Waals surface area contributed by atoms with Crippen molar-refractivity contribution in [1.29, 1.82) is 0 Å². The number of rotatable bonds is 4. The number of carbonyl (C=O) groups excluding carboxylic acids is 1. The Morgan fingerprint density at radius 2 is 2.05 bits per heavy atom. The quantitative estimate of drug-likeness (QED) is 0.737. The van der Waals surface area contributed by atoms with Gasteiger partial charge in [0.2, 0.25) is 5.91 Å². The summed E-state index contributed by atoms with van der Waals surface area (Å²) >= 11 is 5.93. The van der Waals surface area contributed by atoms with Gasteiger partial charge in [0, 0.05) is 11.6 Å². The standard InChI is InChI=1S/C13H17ClN2O4/c1-13(2,3)12(20)16-9-7(4-5-15-10(9)14)8(6-17)11(18)19/h4-5,8,17H,6H2,1-3H3,(H,16,20)(H,18,19). The average Bonchev–Trinajstić information content (AvgIpc) is 2.32. The lowest BCUT2D eigenvalue weighted by atomic mass is 9.94. The van der Waals surface area contributed by atoms with E-state index in [1.54, 1.807) is 20.8 Å². The van der Waals surface area contributed by atoms with E-state index in [1.165, 1.54) is 12.3 Å². The number of aromatic nitrogens is 1. The van der Waals surface area contributed by atoms with Crippen LogP contribution in [0.1, 0.15) is 32.3 Å². The van der Waals surface area contributed by atoms with Crippen LogP contribution in [0, 0.1) is 5.41 Å². The molecule has 3 N–H and O–H groups in total. The number of carbonyl (C=O) groups is 2. The molecule has 0 spiro atoms. The molecular weight excluding hydrogens is 284 g/mol. The van der Waals surface area contributed by atoms with Gasteiger partial charge < -0.3 is 15.5 Å². The zero-order chi connectivity index (χ0) is 15.5. The summed E-state index contributed by atoms with van der Waals surface area (Å²) in [6, 6.07) is 1.42. The van der Waals surface area contributed by atoms with Gasteiger partial charge in [-0.3, -0.25) is 9.59 Å². The average molecular weight is 301 g/mol. The maximum absolute atomic E-state index is 12.0. The summed E-state index contributed by atoms with van der Waals surface area (Å²) in [4.78, 5) is 27.0. The molecule has 1 amide bonds. The second-order valence-corrected chi connectivity index (χ2v) is 5.70. The minimum atomic E-state index is -1.21. The largest absolute Gasteiger partial charge is 0.481 e. The number of hydrogen-bond donors (Lipinski definition) is 3. The van der Waals surface area contributed by atoms with Crippen molar-refractivity contribution in [2.45, 2.75) is 26.7 Å². The Bertz CT molecular complexity index is 526.